The Labute approximate surface area is 207 Å². The SMILES string of the molecule is C[C@@H]1CCN(CCOc2ccccc2)[C@@H]1C.Oc1ccc2c(c1)SCCO2.Oc1ccccc1. The van der Waals surface area contributed by atoms with Gasteiger partial charge < -0.3 is 19.7 Å². The fourth-order valence-electron chi connectivity index (χ4n) is 3.75. The van der Waals surface area contributed by atoms with Gasteiger partial charge in [-0.25, -0.2) is 0 Å². The van der Waals surface area contributed by atoms with Crippen LogP contribution in [-0.4, -0.2) is 53.2 Å². The molecule has 2 aliphatic heterocycles. The van der Waals surface area contributed by atoms with Crippen LogP contribution in [0.15, 0.2) is 83.8 Å². The molecule has 3 aromatic carbocycles. The molecular weight excluding hydrogens is 446 g/mol. The van der Waals surface area contributed by atoms with Crippen LogP contribution in [0.25, 0.3) is 0 Å². The van der Waals surface area contributed by atoms with E-state index in [1.54, 1.807) is 54.2 Å². The summed E-state index contributed by atoms with van der Waals surface area (Å²) >= 11 is 1.72. The van der Waals surface area contributed by atoms with E-state index >= 15 is 0 Å². The molecule has 0 spiro atoms. The number of rotatable bonds is 4. The minimum atomic E-state index is 0.307. The monoisotopic (exact) mass is 481 g/mol. The summed E-state index contributed by atoms with van der Waals surface area (Å²) in [7, 11) is 0. The molecule has 5 rings (SSSR count). The van der Waals surface area contributed by atoms with Crippen molar-refractivity contribution in [1.29, 1.82) is 0 Å². The number of fused-ring (bicyclic) bond motifs is 1. The molecule has 1 saturated heterocycles. The zero-order chi connectivity index (χ0) is 24.2. The molecule has 0 radical (unpaired) electrons. The summed E-state index contributed by atoms with van der Waals surface area (Å²) in [5.41, 5.74) is 0. The highest BCUT2D eigenvalue weighted by Gasteiger charge is 2.26. The van der Waals surface area contributed by atoms with E-state index in [2.05, 4.69) is 18.7 Å². The Kier molecular flexibility index (Phi) is 10.4. The molecule has 1 fully saturated rings. The number of ether oxygens (including phenoxy) is 2. The van der Waals surface area contributed by atoms with Crippen LogP contribution in [-0.2, 0) is 0 Å². The summed E-state index contributed by atoms with van der Waals surface area (Å²) in [6.45, 7) is 8.48. The van der Waals surface area contributed by atoms with Gasteiger partial charge in [-0.15, -0.1) is 11.8 Å². The molecule has 0 unspecified atom stereocenters. The molecule has 0 aromatic heterocycles. The van der Waals surface area contributed by atoms with E-state index in [1.165, 1.54) is 13.0 Å². The van der Waals surface area contributed by atoms with Crippen molar-refractivity contribution in [3.05, 3.63) is 78.9 Å². The first-order chi connectivity index (χ1) is 16.5. The highest BCUT2D eigenvalue weighted by Crippen LogP contribution is 2.35. The first-order valence-corrected chi connectivity index (χ1v) is 12.8. The Morgan fingerprint density at radius 2 is 1.65 bits per heavy atom. The smallest absolute Gasteiger partial charge is 0.133 e. The van der Waals surface area contributed by atoms with Crippen molar-refractivity contribution in [1.82, 2.24) is 4.90 Å². The summed E-state index contributed by atoms with van der Waals surface area (Å²) < 4.78 is 11.1. The zero-order valence-corrected chi connectivity index (χ0v) is 20.8. The number of phenolic OH excluding ortho intramolecular Hbond substituents is 2. The minimum absolute atomic E-state index is 0.307. The van der Waals surface area contributed by atoms with Gasteiger partial charge in [0, 0.05) is 18.3 Å². The van der Waals surface area contributed by atoms with Crippen molar-refractivity contribution >= 4 is 11.8 Å². The molecule has 0 bridgehead atoms. The number of aromatic hydroxyl groups is 2. The van der Waals surface area contributed by atoms with Gasteiger partial charge in [-0.05, 0) is 68.3 Å². The van der Waals surface area contributed by atoms with Crippen LogP contribution in [0.5, 0.6) is 23.0 Å². The zero-order valence-electron chi connectivity index (χ0n) is 20.0. The first-order valence-electron chi connectivity index (χ1n) is 11.8. The van der Waals surface area contributed by atoms with Gasteiger partial charge >= 0.3 is 0 Å². The van der Waals surface area contributed by atoms with Crippen molar-refractivity contribution in [3.63, 3.8) is 0 Å². The lowest BCUT2D eigenvalue weighted by Gasteiger charge is -2.22. The molecule has 2 atom stereocenters. The highest BCUT2D eigenvalue weighted by atomic mass is 32.2. The molecule has 2 aliphatic rings. The van der Waals surface area contributed by atoms with Crippen LogP contribution in [0.1, 0.15) is 20.3 Å². The van der Waals surface area contributed by atoms with Crippen LogP contribution in [0, 0.1) is 5.92 Å². The van der Waals surface area contributed by atoms with E-state index < -0.39 is 0 Å². The van der Waals surface area contributed by atoms with Crippen LogP contribution in [0.4, 0.5) is 0 Å². The van der Waals surface area contributed by atoms with Gasteiger partial charge in [0.05, 0.1) is 11.5 Å². The molecule has 0 saturated carbocycles. The quantitative estimate of drug-likeness (QED) is 0.472. The fourth-order valence-corrected chi connectivity index (χ4v) is 4.61. The largest absolute Gasteiger partial charge is 0.508 e. The topological polar surface area (TPSA) is 62.2 Å². The Bertz CT molecular complexity index is 971. The van der Waals surface area contributed by atoms with Gasteiger partial charge in [-0.3, -0.25) is 4.90 Å². The third kappa shape index (κ3) is 8.50. The maximum Gasteiger partial charge on any atom is 0.133 e. The number of para-hydroxylation sites is 2. The lowest BCUT2D eigenvalue weighted by molar-refractivity contribution is 0.194. The average Bonchev–Trinajstić information content (AvgIpc) is 3.18. The summed E-state index contributed by atoms with van der Waals surface area (Å²) in [6, 6.07) is 24.7. The minimum Gasteiger partial charge on any atom is -0.508 e. The molecule has 6 heteroatoms. The van der Waals surface area contributed by atoms with Crippen LogP contribution in [0.2, 0.25) is 0 Å². The van der Waals surface area contributed by atoms with E-state index in [-0.39, 0.29) is 0 Å². The second kappa shape index (κ2) is 13.8. The van der Waals surface area contributed by atoms with E-state index in [4.69, 9.17) is 19.7 Å². The van der Waals surface area contributed by atoms with Gasteiger partial charge in [0.1, 0.15) is 29.6 Å². The summed E-state index contributed by atoms with van der Waals surface area (Å²) in [6.07, 6.45) is 1.33. The standard InChI is InChI=1S/C14H21NO.C8H8O2S.C6H6O/c1-12-8-9-15(13(12)2)10-11-16-14-6-4-3-5-7-14;9-6-1-2-7-8(5-6)11-4-3-10-7;7-6-4-2-1-3-5-6/h3-7,12-13H,8-11H2,1-2H3;1-2,5,9H,3-4H2;1-5,7H/t12-,13-;;/m1../s1. The van der Waals surface area contributed by atoms with Crippen LogP contribution in [0.3, 0.4) is 0 Å². The summed E-state index contributed by atoms with van der Waals surface area (Å²) in [4.78, 5) is 3.56. The number of thioether (sulfide) groups is 1. The molecule has 182 valence electrons. The second-order valence-corrected chi connectivity index (χ2v) is 9.50. The first kappa shape index (κ1) is 25.8. The number of hydrogen-bond donors (Lipinski definition) is 2. The Morgan fingerprint density at radius 3 is 2.26 bits per heavy atom. The number of phenols is 2. The van der Waals surface area contributed by atoms with Gasteiger partial charge in [-0.1, -0.05) is 43.3 Å². The maximum absolute atomic E-state index is 9.12. The van der Waals surface area contributed by atoms with Gasteiger partial charge in [0.2, 0.25) is 0 Å². The van der Waals surface area contributed by atoms with Crippen molar-refractivity contribution in [2.45, 2.75) is 31.2 Å². The van der Waals surface area contributed by atoms with Crippen molar-refractivity contribution in [3.8, 4) is 23.0 Å². The predicted molar refractivity (Wildman–Crippen MR) is 139 cm³/mol. The third-order valence-corrected chi connectivity index (χ3v) is 6.94. The summed E-state index contributed by atoms with van der Waals surface area (Å²) in [5, 5.41) is 17.8. The predicted octanol–water partition coefficient (Wildman–Crippen LogP) is 6.06. The molecule has 0 amide bonds. The van der Waals surface area contributed by atoms with Gasteiger partial charge in [0.25, 0.3) is 0 Å². The molecule has 2 N–H and O–H groups in total. The molecular formula is C28H35NO4S. The molecule has 3 aromatic rings. The molecule has 34 heavy (non-hydrogen) atoms. The third-order valence-electron chi connectivity index (χ3n) is 5.94. The lowest BCUT2D eigenvalue weighted by Crippen LogP contribution is -2.33. The maximum atomic E-state index is 9.12. The average molecular weight is 482 g/mol. The van der Waals surface area contributed by atoms with Crippen LogP contribution < -0.4 is 9.47 Å². The van der Waals surface area contributed by atoms with Crippen molar-refractivity contribution < 1.29 is 19.7 Å². The number of benzene rings is 3. The normalized spacial score (nSPS) is 18.9. The Balaban J connectivity index is 0.000000155. The van der Waals surface area contributed by atoms with Crippen molar-refractivity contribution in [2.24, 2.45) is 5.92 Å². The number of nitrogens with zero attached hydrogens (tertiary/aromatic N) is 1. The van der Waals surface area contributed by atoms with E-state index in [0.717, 1.165) is 47.8 Å². The Hall–Kier alpha value is -2.83. The lowest BCUT2D eigenvalue weighted by atomic mass is 10.1. The highest BCUT2D eigenvalue weighted by molar-refractivity contribution is 7.99. The Morgan fingerprint density at radius 1 is 0.941 bits per heavy atom. The number of hydrogen-bond acceptors (Lipinski definition) is 6. The van der Waals surface area contributed by atoms with Gasteiger partial charge in [-0.2, -0.15) is 0 Å². The molecule has 0 aliphatic carbocycles. The summed E-state index contributed by atoms with van der Waals surface area (Å²) in [5.74, 6) is 4.29. The van der Waals surface area contributed by atoms with E-state index in [1.807, 2.05) is 36.4 Å². The van der Waals surface area contributed by atoms with Gasteiger partial charge in [0.15, 0.2) is 0 Å². The van der Waals surface area contributed by atoms with Crippen molar-refractivity contribution in [2.75, 3.05) is 32.1 Å². The number of likely N-dealkylation sites (tertiary alicyclic amines) is 1. The van der Waals surface area contributed by atoms with E-state index in [0.29, 0.717) is 17.5 Å². The van der Waals surface area contributed by atoms with Crippen LogP contribution >= 0.6 is 11.8 Å². The second-order valence-electron chi connectivity index (χ2n) is 8.37. The molecule has 2 heterocycles. The fraction of sp³-hybridized carbons (Fsp3) is 0.357. The van der Waals surface area contributed by atoms with E-state index in [9.17, 15) is 0 Å². The molecule has 5 nitrogen and oxygen atoms in total.